The summed E-state index contributed by atoms with van der Waals surface area (Å²) in [5.41, 5.74) is 6.40. The van der Waals surface area contributed by atoms with Gasteiger partial charge >= 0.3 is 5.97 Å². The molecular formula is C14H20ClN3O4. The highest BCUT2D eigenvalue weighted by atomic mass is 35.5. The van der Waals surface area contributed by atoms with Crippen molar-refractivity contribution in [3.05, 3.63) is 35.4 Å². The molecule has 0 unspecified atom stereocenters. The van der Waals surface area contributed by atoms with Crippen LogP contribution in [-0.2, 0) is 20.9 Å². The zero-order valence-corrected chi connectivity index (χ0v) is 13.1. The molecule has 1 aromatic rings. The van der Waals surface area contributed by atoms with E-state index in [0.717, 1.165) is 5.56 Å². The molecule has 0 atom stereocenters. The van der Waals surface area contributed by atoms with Crippen LogP contribution in [0.4, 0.5) is 0 Å². The van der Waals surface area contributed by atoms with Gasteiger partial charge in [-0.2, -0.15) is 0 Å². The van der Waals surface area contributed by atoms with Crippen molar-refractivity contribution in [1.82, 2.24) is 10.6 Å². The predicted octanol–water partition coefficient (Wildman–Crippen LogP) is -0.0238. The van der Waals surface area contributed by atoms with E-state index >= 15 is 0 Å². The van der Waals surface area contributed by atoms with E-state index < -0.39 is 0 Å². The number of amides is 2. The fourth-order valence-corrected chi connectivity index (χ4v) is 1.49. The minimum Gasteiger partial charge on any atom is -0.462 e. The highest BCUT2D eigenvalue weighted by Gasteiger charge is 2.07. The second-order valence-corrected chi connectivity index (χ2v) is 4.17. The summed E-state index contributed by atoms with van der Waals surface area (Å²) >= 11 is 0. The highest BCUT2D eigenvalue weighted by Crippen LogP contribution is 2.05. The minimum atomic E-state index is -0.385. The molecule has 0 heterocycles. The van der Waals surface area contributed by atoms with Gasteiger partial charge in [0.1, 0.15) is 0 Å². The Labute approximate surface area is 135 Å². The summed E-state index contributed by atoms with van der Waals surface area (Å²) in [6, 6.07) is 6.72. The lowest BCUT2D eigenvalue weighted by Gasteiger charge is -2.07. The van der Waals surface area contributed by atoms with Crippen molar-refractivity contribution in [2.45, 2.75) is 13.5 Å². The largest absolute Gasteiger partial charge is 0.462 e. The number of nitrogens with two attached hydrogens (primary N) is 1. The van der Waals surface area contributed by atoms with E-state index in [1.54, 1.807) is 31.2 Å². The van der Waals surface area contributed by atoms with E-state index in [4.69, 9.17) is 10.5 Å². The second kappa shape index (κ2) is 10.6. The van der Waals surface area contributed by atoms with Crippen molar-refractivity contribution in [3.8, 4) is 0 Å². The lowest BCUT2D eigenvalue weighted by atomic mass is 10.1. The molecule has 0 fully saturated rings. The van der Waals surface area contributed by atoms with Gasteiger partial charge in [0, 0.05) is 6.54 Å². The average molecular weight is 330 g/mol. The summed E-state index contributed by atoms with van der Waals surface area (Å²) in [6.45, 7) is 2.11. The van der Waals surface area contributed by atoms with Crippen LogP contribution in [0.2, 0.25) is 0 Å². The molecule has 0 aromatic heterocycles. The van der Waals surface area contributed by atoms with Crippen LogP contribution in [-0.4, -0.2) is 37.5 Å². The van der Waals surface area contributed by atoms with Gasteiger partial charge in [-0.25, -0.2) is 4.79 Å². The summed E-state index contributed by atoms with van der Waals surface area (Å²) in [7, 11) is 0. The number of ether oxygens (including phenoxy) is 1. The quantitative estimate of drug-likeness (QED) is 0.609. The molecule has 1 rings (SSSR count). The van der Waals surface area contributed by atoms with E-state index in [1.165, 1.54) is 0 Å². The Balaban J connectivity index is 0.00000441. The number of nitrogens with one attached hydrogen (secondary N) is 2. The van der Waals surface area contributed by atoms with Gasteiger partial charge in [-0.1, -0.05) is 12.1 Å². The van der Waals surface area contributed by atoms with Crippen molar-refractivity contribution in [1.29, 1.82) is 0 Å². The van der Waals surface area contributed by atoms with E-state index in [9.17, 15) is 14.4 Å². The zero-order valence-electron chi connectivity index (χ0n) is 12.3. The minimum absolute atomic E-state index is 0. The number of benzene rings is 1. The van der Waals surface area contributed by atoms with Gasteiger partial charge in [0.2, 0.25) is 11.8 Å². The van der Waals surface area contributed by atoms with Crippen LogP contribution in [0.3, 0.4) is 0 Å². The van der Waals surface area contributed by atoms with Gasteiger partial charge in [0.05, 0.1) is 25.3 Å². The Morgan fingerprint density at radius 1 is 1.09 bits per heavy atom. The van der Waals surface area contributed by atoms with Crippen LogP contribution < -0.4 is 16.4 Å². The van der Waals surface area contributed by atoms with Gasteiger partial charge in [0.15, 0.2) is 0 Å². The van der Waals surface area contributed by atoms with Crippen LogP contribution in [0, 0.1) is 0 Å². The standard InChI is InChI=1S/C14H19N3O4.ClH/c1-2-21-14(20)11-5-3-10(4-6-11)8-16-13(19)9-17-12(18)7-15;/h3-6H,2,7-9,15H2,1H3,(H,16,19)(H,17,18);1H. The first-order valence-electron chi connectivity index (χ1n) is 6.56. The molecule has 122 valence electrons. The van der Waals surface area contributed by atoms with Gasteiger partial charge in [-0.15, -0.1) is 12.4 Å². The Kier molecular flexibility index (Phi) is 9.56. The molecular weight excluding hydrogens is 310 g/mol. The summed E-state index contributed by atoms with van der Waals surface area (Å²) in [5, 5.41) is 5.01. The van der Waals surface area contributed by atoms with E-state index in [2.05, 4.69) is 10.6 Å². The van der Waals surface area contributed by atoms with Crippen LogP contribution >= 0.6 is 12.4 Å². The Morgan fingerprint density at radius 3 is 2.27 bits per heavy atom. The SMILES string of the molecule is CCOC(=O)c1ccc(CNC(=O)CNC(=O)CN)cc1.Cl. The molecule has 2 amide bonds. The van der Waals surface area contributed by atoms with Gasteiger partial charge in [-0.3, -0.25) is 9.59 Å². The fourth-order valence-electron chi connectivity index (χ4n) is 1.49. The maximum atomic E-state index is 11.5. The number of esters is 1. The van der Waals surface area contributed by atoms with Crippen molar-refractivity contribution in [2.75, 3.05) is 19.7 Å². The third-order valence-electron chi connectivity index (χ3n) is 2.59. The first-order valence-corrected chi connectivity index (χ1v) is 6.56. The number of carbonyl (C=O) groups is 3. The van der Waals surface area contributed by atoms with Crippen LogP contribution in [0.15, 0.2) is 24.3 Å². The van der Waals surface area contributed by atoms with Gasteiger partial charge < -0.3 is 21.1 Å². The molecule has 8 heteroatoms. The molecule has 0 saturated carbocycles. The number of hydrogen-bond donors (Lipinski definition) is 3. The lowest BCUT2D eigenvalue weighted by molar-refractivity contribution is -0.125. The van der Waals surface area contributed by atoms with Gasteiger partial charge in [0.25, 0.3) is 0 Å². The Morgan fingerprint density at radius 2 is 1.73 bits per heavy atom. The molecule has 0 bridgehead atoms. The van der Waals surface area contributed by atoms with Crippen molar-refractivity contribution < 1.29 is 19.1 Å². The number of rotatable bonds is 7. The van der Waals surface area contributed by atoms with Crippen molar-refractivity contribution >= 4 is 30.2 Å². The molecule has 0 radical (unpaired) electrons. The third-order valence-corrected chi connectivity index (χ3v) is 2.59. The Hall–Kier alpha value is -2.12. The summed E-state index contributed by atoms with van der Waals surface area (Å²) in [4.78, 5) is 33.8. The number of carbonyl (C=O) groups excluding carboxylic acids is 3. The normalized spacial score (nSPS) is 9.36. The topological polar surface area (TPSA) is 111 Å². The smallest absolute Gasteiger partial charge is 0.338 e. The third kappa shape index (κ3) is 7.05. The molecule has 0 saturated heterocycles. The van der Waals surface area contributed by atoms with E-state index in [1.807, 2.05) is 0 Å². The molecule has 0 spiro atoms. The molecule has 7 nitrogen and oxygen atoms in total. The molecule has 0 aliphatic carbocycles. The van der Waals surface area contributed by atoms with Crippen LogP contribution in [0.25, 0.3) is 0 Å². The van der Waals surface area contributed by atoms with E-state index in [-0.39, 0.29) is 43.3 Å². The number of halogens is 1. The van der Waals surface area contributed by atoms with E-state index in [0.29, 0.717) is 18.7 Å². The molecule has 0 aliphatic rings. The maximum absolute atomic E-state index is 11.5. The fraction of sp³-hybridized carbons (Fsp3) is 0.357. The monoisotopic (exact) mass is 329 g/mol. The zero-order chi connectivity index (χ0) is 15.7. The summed E-state index contributed by atoms with van der Waals surface area (Å²) in [5.74, 6) is -1.08. The Bertz CT molecular complexity index is 505. The predicted molar refractivity (Wildman–Crippen MR) is 83.6 cm³/mol. The van der Waals surface area contributed by atoms with Gasteiger partial charge in [-0.05, 0) is 24.6 Å². The maximum Gasteiger partial charge on any atom is 0.338 e. The van der Waals surface area contributed by atoms with Crippen molar-refractivity contribution in [3.63, 3.8) is 0 Å². The molecule has 22 heavy (non-hydrogen) atoms. The lowest BCUT2D eigenvalue weighted by Crippen LogP contribution is -2.39. The van der Waals surface area contributed by atoms with Crippen LogP contribution in [0.5, 0.6) is 0 Å². The molecule has 1 aromatic carbocycles. The second-order valence-electron chi connectivity index (χ2n) is 4.17. The first-order chi connectivity index (χ1) is 10.1. The summed E-state index contributed by atoms with van der Waals surface area (Å²) < 4.78 is 4.87. The first kappa shape index (κ1) is 19.9. The highest BCUT2D eigenvalue weighted by molar-refractivity contribution is 5.89. The number of hydrogen-bond acceptors (Lipinski definition) is 5. The summed E-state index contributed by atoms with van der Waals surface area (Å²) in [6.07, 6.45) is 0. The molecule has 0 aliphatic heterocycles. The van der Waals surface area contributed by atoms with Crippen molar-refractivity contribution in [2.24, 2.45) is 5.73 Å². The average Bonchev–Trinajstić information content (AvgIpc) is 2.51. The molecule has 4 N–H and O–H groups in total. The van der Waals surface area contributed by atoms with Crippen LogP contribution in [0.1, 0.15) is 22.8 Å².